The Bertz CT molecular complexity index is 1580. The first kappa shape index (κ1) is 31.8. The number of nitrogens with one attached hydrogen (secondary N) is 1. The predicted octanol–water partition coefficient (Wildman–Crippen LogP) is 6.77. The highest BCUT2D eigenvalue weighted by atomic mass is 32.2. The SMILES string of the molecule is CCCCC[C@@H](NS(=O)(=O)c1ccc(C)cc1)[C@H]1C(=O)CC[C@@H]1[C@@](C)(C#N)c1ccccc1[S@@](=O)c1ccc(C)cc1. The van der Waals surface area contributed by atoms with E-state index in [1.54, 1.807) is 30.3 Å². The molecule has 222 valence electrons. The Morgan fingerprint density at radius 3 is 2.24 bits per heavy atom. The number of hydrogen-bond acceptors (Lipinski definition) is 5. The molecule has 3 aromatic carbocycles. The van der Waals surface area contributed by atoms with Crippen molar-refractivity contribution < 1.29 is 17.4 Å². The fourth-order valence-electron chi connectivity index (χ4n) is 6.12. The molecule has 0 amide bonds. The molecule has 1 fully saturated rings. The number of rotatable bonds is 12. The maximum absolute atomic E-state index is 13.8. The van der Waals surface area contributed by atoms with Crippen LogP contribution >= 0.6 is 0 Å². The molecule has 42 heavy (non-hydrogen) atoms. The molecule has 6 nitrogen and oxygen atoms in total. The molecule has 0 spiro atoms. The Balaban J connectivity index is 1.75. The van der Waals surface area contributed by atoms with Crippen LogP contribution in [-0.4, -0.2) is 24.5 Å². The summed E-state index contributed by atoms with van der Waals surface area (Å²) in [7, 11) is -5.45. The first-order valence-electron chi connectivity index (χ1n) is 14.6. The maximum Gasteiger partial charge on any atom is 0.240 e. The molecule has 0 aromatic heterocycles. The van der Waals surface area contributed by atoms with E-state index in [1.165, 1.54) is 0 Å². The molecule has 0 unspecified atom stereocenters. The van der Waals surface area contributed by atoms with Gasteiger partial charge in [-0.3, -0.25) is 4.79 Å². The van der Waals surface area contributed by atoms with Crippen LogP contribution in [0, 0.1) is 37.0 Å². The molecule has 8 heteroatoms. The second kappa shape index (κ2) is 13.5. The van der Waals surface area contributed by atoms with Gasteiger partial charge in [0.05, 0.1) is 27.2 Å². The van der Waals surface area contributed by atoms with Gasteiger partial charge < -0.3 is 0 Å². The van der Waals surface area contributed by atoms with E-state index in [-0.39, 0.29) is 17.1 Å². The summed E-state index contributed by atoms with van der Waals surface area (Å²) in [5.41, 5.74) is 1.45. The molecule has 0 saturated heterocycles. The van der Waals surface area contributed by atoms with Crippen LogP contribution < -0.4 is 4.72 Å². The summed E-state index contributed by atoms with van der Waals surface area (Å²) >= 11 is 0. The molecule has 1 aliphatic carbocycles. The number of aryl methyl sites for hydroxylation is 2. The van der Waals surface area contributed by atoms with Gasteiger partial charge >= 0.3 is 0 Å². The van der Waals surface area contributed by atoms with Crippen molar-refractivity contribution in [2.24, 2.45) is 11.8 Å². The number of sulfonamides is 1. The molecule has 0 heterocycles. The number of Topliss-reactive ketones (excluding diaryl/α,β-unsaturated/α-hetero) is 1. The number of ketones is 1. The fraction of sp³-hybridized carbons (Fsp3) is 0.412. The summed E-state index contributed by atoms with van der Waals surface area (Å²) in [5.74, 6) is -1.18. The second-order valence-corrected chi connectivity index (χ2v) is 14.7. The zero-order valence-electron chi connectivity index (χ0n) is 24.8. The molecule has 4 rings (SSSR count). The quantitative estimate of drug-likeness (QED) is 0.230. The Labute approximate surface area is 253 Å². The van der Waals surface area contributed by atoms with Gasteiger partial charge in [0.1, 0.15) is 5.78 Å². The van der Waals surface area contributed by atoms with E-state index in [9.17, 15) is 22.7 Å². The summed E-state index contributed by atoms with van der Waals surface area (Å²) in [6.07, 6.45) is 3.83. The standard InChI is InChI=1S/C34H40N2O4S2/c1-5-6-7-11-30(36-42(39,40)27-19-15-25(3)16-20-27)33-29(21-22-31(33)37)34(4,23-35)28-10-8-9-12-32(28)41(38)26-17-13-24(2)14-18-26/h8-10,12-20,29-30,33,36H,5-7,11,21-22H2,1-4H3/t29-,30+,33-,34-,41-/m0/s1. The van der Waals surface area contributed by atoms with E-state index in [0.717, 1.165) is 30.4 Å². The Kier molecular flexibility index (Phi) is 10.2. The van der Waals surface area contributed by atoms with Crippen LogP contribution in [0.1, 0.15) is 69.1 Å². The van der Waals surface area contributed by atoms with Gasteiger partial charge in [-0.1, -0.05) is 79.8 Å². The van der Waals surface area contributed by atoms with Crippen LogP contribution in [0.25, 0.3) is 0 Å². The smallest absolute Gasteiger partial charge is 0.240 e. The number of unbranched alkanes of at least 4 members (excludes halogenated alkanes) is 2. The van der Waals surface area contributed by atoms with Gasteiger partial charge in [-0.15, -0.1) is 0 Å². The molecule has 1 N–H and O–H groups in total. The number of hydrogen-bond donors (Lipinski definition) is 1. The molecule has 0 aliphatic heterocycles. The van der Waals surface area contributed by atoms with E-state index >= 15 is 0 Å². The molecule has 0 radical (unpaired) electrons. The zero-order chi connectivity index (χ0) is 30.5. The molecular weight excluding hydrogens is 565 g/mol. The molecule has 1 aliphatic rings. The van der Waals surface area contributed by atoms with Gasteiger partial charge in [0.2, 0.25) is 10.0 Å². The average molecular weight is 605 g/mol. The highest BCUT2D eigenvalue weighted by Crippen LogP contribution is 2.47. The van der Waals surface area contributed by atoms with E-state index in [0.29, 0.717) is 28.2 Å². The third-order valence-corrected chi connectivity index (χ3v) is 11.5. The van der Waals surface area contributed by atoms with Crippen LogP contribution in [0.2, 0.25) is 0 Å². The van der Waals surface area contributed by atoms with Crippen molar-refractivity contribution in [2.75, 3.05) is 0 Å². The highest BCUT2D eigenvalue weighted by molar-refractivity contribution is 7.89. The first-order chi connectivity index (χ1) is 20.0. The Hall–Kier alpha value is -3.12. The third kappa shape index (κ3) is 6.75. The van der Waals surface area contributed by atoms with Gasteiger partial charge in [-0.05, 0) is 75.4 Å². The van der Waals surface area contributed by atoms with Crippen molar-refractivity contribution in [3.8, 4) is 6.07 Å². The van der Waals surface area contributed by atoms with Gasteiger partial charge in [-0.2, -0.15) is 5.26 Å². The molecule has 0 bridgehead atoms. The topological polar surface area (TPSA) is 104 Å². The molecule has 5 atom stereocenters. The monoisotopic (exact) mass is 604 g/mol. The Morgan fingerprint density at radius 1 is 1.00 bits per heavy atom. The minimum atomic E-state index is -3.91. The van der Waals surface area contributed by atoms with E-state index in [1.807, 2.05) is 63.2 Å². The first-order valence-corrected chi connectivity index (χ1v) is 17.3. The van der Waals surface area contributed by atoms with Crippen LogP contribution in [-0.2, 0) is 31.0 Å². The normalized spacial score (nSPS) is 20.0. The van der Waals surface area contributed by atoms with Gasteiger partial charge in [0.25, 0.3) is 0 Å². The molecule has 1 saturated carbocycles. The number of carbonyl (C=O) groups excluding carboxylic acids is 1. The lowest BCUT2D eigenvalue weighted by Crippen LogP contribution is -2.48. The van der Waals surface area contributed by atoms with Crippen molar-refractivity contribution >= 4 is 26.6 Å². The van der Waals surface area contributed by atoms with E-state index in [4.69, 9.17) is 0 Å². The minimum Gasteiger partial charge on any atom is -0.299 e. The van der Waals surface area contributed by atoms with E-state index in [2.05, 4.69) is 17.7 Å². The fourth-order valence-corrected chi connectivity index (χ4v) is 8.73. The van der Waals surface area contributed by atoms with Crippen molar-refractivity contribution in [3.05, 3.63) is 89.5 Å². The predicted molar refractivity (Wildman–Crippen MR) is 166 cm³/mol. The van der Waals surface area contributed by atoms with Crippen molar-refractivity contribution in [1.29, 1.82) is 5.26 Å². The second-order valence-electron chi connectivity index (χ2n) is 11.6. The lowest BCUT2D eigenvalue weighted by atomic mass is 9.66. The lowest BCUT2D eigenvalue weighted by Gasteiger charge is -2.37. The maximum atomic E-state index is 13.8. The third-order valence-electron chi connectivity index (χ3n) is 8.55. The number of nitriles is 1. The van der Waals surface area contributed by atoms with Crippen LogP contribution in [0.4, 0.5) is 0 Å². The summed E-state index contributed by atoms with van der Waals surface area (Å²) < 4.78 is 43.8. The largest absolute Gasteiger partial charge is 0.299 e. The zero-order valence-corrected chi connectivity index (χ0v) is 26.4. The van der Waals surface area contributed by atoms with Gasteiger partial charge in [0.15, 0.2) is 0 Å². The van der Waals surface area contributed by atoms with Crippen LogP contribution in [0.3, 0.4) is 0 Å². The minimum absolute atomic E-state index is 0.0354. The number of benzene rings is 3. The average Bonchev–Trinajstić information content (AvgIpc) is 3.38. The van der Waals surface area contributed by atoms with Crippen molar-refractivity contribution in [1.82, 2.24) is 4.72 Å². The van der Waals surface area contributed by atoms with Crippen LogP contribution in [0.5, 0.6) is 0 Å². The van der Waals surface area contributed by atoms with E-state index < -0.39 is 44.1 Å². The summed E-state index contributed by atoms with van der Waals surface area (Å²) in [4.78, 5) is 14.9. The van der Waals surface area contributed by atoms with Gasteiger partial charge in [0, 0.05) is 28.2 Å². The summed E-state index contributed by atoms with van der Waals surface area (Å²) in [6.45, 7) is 7.75. The van der Waals surface area contributed by atoms with Gasteiger partial charge in [-0.25, -0.2) is 17.3 Å². The summed E-state index contributed by atoms with van der Waals surface area (Å²) in [6, 6.07) is 23.2. The van der Waals surface area contributed by atoms with Crippen molar-refractivity contribution in [2.45, 2.75) is 92.4 Å². The number of nitrogens with zero attached hydrogens (tertiary/aromatic N) is 1. The molecule has 3 aromatic rings. The highest BCUT2D eigenvalue weighted by Gasteiger charge is 2.51. The lowest BCUT2D eigenvalue weighted by molar-refractivity contribution is -0.122. The number of carbonyl (C=O) groups is 1. The van der Waals surface area contributed by atoms with Crippen LogP contribution in [0.15, 0.2) is 87.5 Å². The summed E-state index contributed by atoms with van der Waals surface area (Å²) in [5, 5.41) is 10.7. The van der Waals surface area contributed by atoms with Crippen molar-refractivity contribution in [3.63, 3.8) is 0 Å². The molecular formula is C34H40N2O4S2. The Morgan fingerprint density at radius 2 is 1.62 bits per heavy atom.